The maximum atomic E-state index is 13.6. The second kappa shape index (κ2) is 11.0. The molecule has 10 heteroatoms. The predicted molar refractivity (Wildman–Crippen MR) is 148 cm³/mol. The van der Waals surface area contributed by atoms with Gasteiger partial charge in [0.15, 0.2) is 0 Å². The molecule has 0 saturated carbocycles. The summed E-state index contributed by atoms with van der Waals surface area (Å²) in [5, 5.41) is 10.4. The number of benzene rings is 2. The molecule has 200 valence electrons. The normalized spacial score (nSPS) is 12.3. The van der Waals surface area contributed by atoms with Crippen LogP contribution in [0, 0.1) is 12.8 Å². The molecule has 4 aromatic rings. The van der Waals surface area contributed by atoms with Crippen LogP contribution in [0.5, 0.6) is 0 Å². The molecule has 4 rings (SSSR count). The van der Waals surface area contributed by atoms with Gasteiger partial charge in [0.2, 0.25) is 11.7 Å². The van der Waals surface area contributed by atoms with Gasteiger partial charge in [-0.2, -0.15) is 0 Å². The quantitative estimate of drug-likeness (QED) is 0.352. The first-order chi connectivity index (χ1) is 18.1. The van der Waals surface area contributed by atoms with E-state index in [-0.39, 0.29) is 35.3 Å². The number of fused-ring (bicyclic) bond motifs is 3. The number of aromatic nitrogens is 4. The maximum absolute atomic E-state index is 13.6. The molecular formula is C28H34N6O4. The summed E-state index contributed by atoms with van der Waals surface area (Å²) in [6.07, 6.45) is 1.46. The van der Waals surface area contributed by atoms with Gasteiger partial charge in [-0.15, -0.1) is 5.10 Å². The zero-order chi connectivity index (χ0) is 27.6. The summed E-state index contributed by atoms with van der Waals surface area (Å²) in [5.41, 5.74) is 1.34. The molecule has 0 unspecified atom stereocenters. The molecule has 2 aromatic carbocycles. The molecule has 0 radical (unpaired) electrons. The van der Waals surface area contributed by atoms with Crippen molar-refractivity contribution in [2.75, 3.05) is 5.32 Å². The first-order valence-electron chi connectivity index (χ1n) is 12.9. The van der Waals surface area contributed by atoms with E-state index >= 15 is 0 Å². The van der Waals surface area contributed by atoms with Crippen LogP contribution >= 0.6 is 0 Å². The Morgan fingerprint density at radius 2 is 1.82 bits per heavy atom. The molecule has 0 spiro atoms. The molecule has 0 saturated heterocycles. The zero-order valence-electron chi connectivity index (χ0n) is 22.4. The Kier molecular flexibility index (Phi) is 7.80. The zero-order valence-corrected chi connectivity index (χ0v) is 22.4. The van der Waals surface area contributed by atoms with E-state index in [0.717, 1.165) is 16.7 Å². The van der Waals surface area contributed by atoms with E-state index < -0.39 is 11.6 Å². The molecule has 1 atom stereocenters. The van der Waals surface area contributed by atoms with Crippen molar-refractivity contribution < 1.29 is 9.59 Å². The number of nitrogens with one attached hydrogen (secondary N) is 2. The SMILES string of the molecule is CC[C@@H](C)NC(=O)c1ccc2c(=O)n(CCC(C)C)c3nn(CC(=O)Nc4cccc(C)c4)c(=O)n3c2c1. The van der Waals surface area contributed by atoms with Crippen LogP contribution in [0.3, 0.4) is 0 Å². The fourth-order valence-electron chi connectivity index (χ4n) is 4.22. The Balaban J connectivity index is 1.83. The Labute approximate surface area is 220 Å². The van der Waals surface area contributed by atoms with Gasteiger partial charge in [-0.05, 0) is 68.5 Å². The average Bonchev–Trinajstić information content (AvgIpc) is 3.18. The second-order valence-electron chi connectivity index (χ2n) is 10.1. The van der Waals surface area contributed by atoms with Crippen LogP contribution in [-0.4, -0.2) is 36.6 Å². The number of anilines is 1. The van der Waals surface area contributed by atoms with Gasteiger partial charge in [-0.3, -0.25) is 19.0 Å². The topological polar surface area (TPSA) is 120 Å². The summed E-state index contributed by atoms with van der Waals surface area (Å²) in [7, 11) is 0. The van der Waals surface area contributed by atoms with E-state index in [2.05, 4.69) is 15.7 Å². The Morgan fingerprint density at radius 1 is 1.05 bits per heavy atom. The van der Waals surface area contributed by atoms with E-state index in [4.69, 9.17) is 0 Å². The molecule has 2 amide bonds. The smallest absolute Gasteiger partial charge is 0.350 e. The molecular weight excluding hydrogens is 484 g/mol. The van der Waals surface area contributed by atoms with Gasteiger partial charge in [-0.1, -0.05) is 32.9 Å². The molecule has 2 heterocycles. The van der Waals surface area contributed by atoms with E-state index in [9.17, 15) is 19.2 Å². The third-order valence-electron chi connectivity index (χ3n) is 6.56. The van der Waals surface area contributed by atoms with Crippen molar-refractivity contribution in [3.63, 3.8) is 0 Å². The molecule has 0 fully saturated rings. The Hall–Kier alpha value is -4.21. The standard InChI is InChI=1S/C28H34N6O4/c1-6-19(5)29-25(36)20-10-11-22-23(15-20)34-27(32(26(22)37)13-12-17(2)3)31-33(28(34)38)16-24(35)30-21-9-7-8-18(4)14-21/h7-11,14-15,17,19H,6,12-13,16H2,1-5H3,(H,29,36)(H,30,35)/t19-/m1/s1. The fraction of sp³-hybridized carbons (Fsp3) is 0.393. The van der Waals surface area contributed by atoms with Crippen molar-refractivity contribution in [1.82, 2.24) is 24.1 Å². The van der Waals surface area contributed by atoms with Gasteiger partial charge in [0.05, 0.1) is 10.9 Å². The molecule has 2 N–H and O–H groups in total. The van der Waals surface area contributed by atoms with Crippen molar-refractivity contribution in [2.24, 2.45) is 5.92 Å². The highest BCUT2D eigenvalue weighted by atomic mass is 16.2. The molecule has 10 nitrogen and oxygen atoms in total. The molecule has 0 aliphatic heterocycles. The van der Waals surface area contributed by atoms with Crippen LogP contribution in [-0.2, 0) is 17.9 Å². The molecule has 0 bridgehead atoms. The predicted octanol–water partition coefficient (Wildman–Crippen LogP) is 3.33. The van der Waals surface area contributed by atoms with E-state index in [1.165, 1.54) is 15.0 Å². The Morgan fingerprint density at radius 3 is 2.50 bits per heavy atom. The first kappa shape index (κ1) is 26.8. The largest absolute Gasteiger partial charge is 0.352 e. The van der Waals surface area contributed by atoms with Crippen molar-refractivity contribution >= 4 is 34.2 Å². The average molecular weight is 519 g/mol. The van der Waals surface area contributed by atoms with E-state index in [1.807, 2.05) is 52.8 Å². The molecule has 0 aliphatic rings. The molecule has 0 aliphatic carbocycles. The van der Waals surface area contributed by atoms with Gasteiger partial charge in [0.25, 0.3) is 11.5 Å². The van der Waals surface area contributed by atoms with Crippen LogP contribution in [0.15, 0.2) is 52.1 Å². The van der Waals surface area contributed by atoms with Crippen LogP contribution in [0.4, 0.5) is 5.69 Å². The summed E-state index contributed by atoms with van der Waals surface area (Å²) in [4.78, 5) is 52.6. The highest BCUT2D eigenvalue weighted by molar-refractivity contribution is 5.98. The number of carbonyl (C=O) groups excluding carboxylic acids is 2. The number of hydrogen-bond acceptors (Lipinski definition) is 5. The third kappa shape index (κ3) is 5.53. The van der Waals surface area contributed by atoms with E-state index in [0.29, 0.717) is 35.5 Å². The van der Waals surface area contributed by atoms with Crippen molar-refractivity contribution in [1.29, 1.82) is 0 Å². The second-order valence-corrected chi connectivity index (χ2v) is 10.1. The van der Waals surface area contributed by atoms with Gasteiger partial charge < -0.3 is 10.6 Å². The van der Waals surface area contributed by atoms with Crippen LogP contribution in [0.25, 0.3) is 16.7 Å². The van der Waals surface area contributed by atoms with Crippen molar-refractivity contribution in [2.45, 2.75) is 66.6 Å². The number of nitrogens with zero attached hydrogens (tertiary/aromatic N) is 4. The van der Waals surface area contributed by atoms with Crippen LogP contribution in [0.1, 0.15) is 56.5 Å². The van der Waals surface area contributed by atoms with E-state index in [1.54, 1.807) is 18.2 Å². The summed E-state index contributed by atoms with van der Waals surface area (Å²) >= 11 is 0. The maximum Gasteiger partial charge on any atom is 0.352 e. The minimum Gasteiger partial charge on any atom is -0.350 e. The van der Waals surface area contributed by atoms with Gasteiger partial charge >= 0.3 is 5.69 Å². The number of hydrogen-bond donors (Lipinski definition) is 2. The summed E-state index contributed by atoms with van der Waals surface area (Å²) < 4.78 is 3.84. The lowest BCUT2D eigenvalue weighted by atomic mass is 10.1. The number of amides is 2. The van der Waals surface area contributed by atoms with Gasteiger partial charge in [0, 0.05) is 23.8 Å². The highest BCUT2D eigenvalue weighted by Crippen LogP contribution is 2.16. The number of aryl methyl sites for hydroxylation is 2. The summed E-state index contributed by atoms with van der Waals surface area (Å²) in [6.45, 7) is 9.91. The fourth-order valence-corrected chi connectivity index (χ4v) is 4.22. The van der Waals surface area contributed by atoms with Crippen LogP contribution < -0.4 is 21.9 Å². The summed E-state index contributed by atoms with van der Waals surface area (Å²) in [6, 6.07) is 12.0. The highest BCUT2D eigenvalue weighted by Gasteiger charge is 2.20. The minimum absolute atomic E-state index is 0.0281. The van der Waals surface area contributed by atoms with Crippen LogP contribution in [0.2, 0.25) is 0 Å². The lowest BCUT2D eigenvalue weighted by Crippen LogP contribution is -2.32. The number of rotatable bonds is 9. The Bertz CT molecular complexity index is 1630. The lowest BCUT2D eigenvalue weighted by Gasteiger charge is -2.13. The third-order valence-corrected chi connectivity index (χ3v) is 6.56. The number of carbonyl (C=O) groups is 2. The lowest BCUT2D eigenvalue weighted by molar-refractivity contribution is -0.117. The van der Waals surface area contributed by atoms with Crippen molar-refractivity contribution in [3.05, 3.63) is 74.4 Å². The van der Waals surface area contributed by atoms with Gasteiger partial charge in [-0.25, -0.2) is 13.9 Å². The van der Waals surface area contributed by atoms with Crippen molar-refractivity contribution in [3.8, 4) is 0 Å². The molecule has 38 heavy (non-hydrogen) atoms. The monoisotopic (exact) mass is 518 g/mol. The summed E-state index contributed by atoms with van der Waals surface area (Å²) in [5.74, 6) is -0.263. The minimum atomic E-state index is -0.567. The first-order valence-corrected chi connectivity index (χ1v) is 12.9. The van der Waals surface area contributed by atoms with Gasteiger partial charge in [0.1, 0.15) is 6.54 Å². The molecule has 2 aromatic heterocycles.